The van der Waals surface area contributed by atoms with Crippen molar-refractivity contribution in [3.63, 3.8) is 0 Å². The van der Waals surface area contributed by atoms with E-state index in [-0.39, 0.29) is 24.4 Å². The van der Waals surface area contributed by atoms with Gasteiger partial charge in [-0.3, -0.25) is 9.13 Å². The van der Waals surface area contributed by atoms with Gasteiger partial charge in [0.15, 0.2) is 0 Å². The van der Waals surface area contributed by atoms with Crippen LogP contribution in [0.25, 0.3) is 22.3 Å². The van der Waals surface area contributed by atoms with Crippen molar-refractivity contribution in [2.75, 3.05) is 13.2 Å². The minimum absolute atomic E-state index is 0.111. The maximum atomic E-state index is 13.3. The first-order valence-corrected chi connectivity index (χ1v) is 19.6. The van der Waals surface area contributed by atoms with E-state index < -0.39 is 16.1 Å². The first-order valence-electron chi connectivity index (χ1n) is 11.4. The first-order chi connectivity index (χ1) is 15.9. The summed E-state index contributed by atoms with van der Waals surface area (Å²) in [6.45, 7) is 15.4. The van der Waals surface area contributed by atoms with E-state index in [0.29, 0.717) is 23.9 Å². The molecule has 2 heterocycles. The van der Waals surface area contributed by atoms with Crippen LogP contribution in [0, 0.1) is 0 Å². The molecule has 7 nitrogen and oxygen atoms in total. The van der Waals surface area contributed by atoms with Crippen molar-refractivity contribution in [2.45, 2.75) is 64.8 Å². The highest BCUT2D eigenvalue weighted by Crippen LogP contribution is 2.29. The van der Waals surface area contributed by atoms with Crippen molar-refractivity contribution < 1.29 is 9.47 Å². The van der Waals surface area contributed by atoms with Gasteiger partial charge in [-0.25, -0.2) is 14.8 Å². The average molecular weight is 542 g/mol. The number of hydrogen-bond donors (Lipinski definition) is 0. The Bertz CT molecular complexity index is 1200. The lowest BCUT2D eigenvalue weighted by atomic mass is 10.1. The predicted molar refractivity (Wildman–Crippen MR) is 145 cm³/mol. The average Bonchev–Trinajstić information content (AvgIpc) is 2.99. The van der Waals surface area contributed by atoms with Gasteiger partial charge in [0.05, 0.1) is 27.9 Å². The maximum Gasteiger partial charge on any atom is 0.332 e. The molecule has 2 aromatic heterocycles. The third-order valence-electron chi connectivity index (χ3n) is 5.44. The number of aromatic nitrogens is 4. The predicted octanol–water partition coefficient (Wildman–Crippen LogP) is 6.19. The van der Waals surface area contributed by atoms with Crippen molar-refractivity contribution in [3.8, 4) is 11.3 Å². The van der Waals surface area contributed by atoms with Crippen LogP contribution < -0.4 is 5.69 Å². The molecule has 0 amide bonds. The Morgan fingerprint density at radius 2 is 1.44 bits per heavy atom. The lowest BCUT2D eigenvalue weighted by Gasteiger charge is -2.15. The molecule has 0 radical (unpaired) electrons. The number of rotatable bonds is 11. The molecule has 0 spiro atoms. The largest absolute Gasteiger partial charge is 0.361 e. The summed E-state index contributed by atoms with van der Waals surface area (Å²) >= 11 is 12.3. The zero-order valence-corrected chi connectivity index (χ0v) is 24.3. The number of ether oxygens (including phenoxy) is 2. The number of imidazole rings is 1. The zero-order valence-electron chi connectivity index (χ0n) is 20.8. The second kappa shape index (κ2) is 11.1. The van der Waals surface area contributed by atoms with Crippen LogP contribution in [0.1, 0.15) is 0 Å². The number of nitrogens with zero attached hydrogens (tertiary/aromatic N) is 4. The van der Waals surface area contributed by atoms with Crippen LogP contribution in [0.3, 0.4) is 0 Å². The minimum atomic E-state index is -1.24. The number of halogens is 2. The van der Waals surface area contributed by atoms with Crippen molar-refractivity contribution >= 4 is 50.4 Å². The minimum Gasteiger partial charge on any atom is -0.361 e. The third-order valence-corrected chi connectivity index (χ3v) is 9.31. The topological polar surface area (TPSA) is 71.2 Å². The molecule has 0 saturated heterocycles. The van der Waals surface area contributed by atoms with Gasteiger partial charge in [-0.1, -0.05) is 56.9 Å². The summed E-state index contributed by atoms with van der Waals surface area (Å²) in [4.78, 5) is 21.5. The Kier molecular flexibility index (Phi) is 8.81. The monoisotopic (exact) mass is 540 g/mol. The first kappa shape index (κ1) is 27.1. The fourth-order valence-electron chi connectivity index (χ4n) is 3.33. The number of benzene rings is 1. The van der Waals surface area contributed by atoms with E-state index in [1.54, 1.807) is 9.13 Å². The van der Waals surface area contributed by atoms with Crippen molar-refractivity contribution in [2.24, 2.45) is 0 Å². The molecule has 3 aromatic rings. The molecule has 0 aliphatic rings. The van der Waals surface area contributed by atoms with Gasteiger partial charge in [-0.05, 0) is 35.8 Å². The van der Waals surface area contributed by atoms with Gasteiger partial charge in [-0.2, -0.15) is 0 Å². The van der Waals surface area contributed by atoms with E-state index >= 15 is 0 Å². The molecule has 0 aliphatic carbocycles. The van der Waals surface area contributed by atoms with Gasteiger partial charge >= 0.3 is 5.69 Å². The molecule has 0 saturated carbocycles. The molecule has 1 aromatic carbocycles. The SMILES string of the molecule is C[Si](C)(C)CCOCn1c(=O)n(COCC[Si](C)(C)C)c2cc(-c3nc(Cl)ncc3Cl)ccc21. The fraction of sp³-hybridized carbons (Fsp3) is 0.522. The highest BCUT2D eigenvalue weighted by Gasteiger charge is 2.18. The smallest absolute Gasteiger partial charge is 0.332 e. The Morgan fingerprint density at radius 1 is 0.882 bits per heavy atom. The van der Waals surface area contributed by atoms with Gasteiger partial charge in [0.2, 0.25) is 5.28 Å². The highest BCUT2D eigenvalue weighted by molar-refractivity contribution is 6.76. The zero-order chi connectivity index (χ0) is 25.1. The van der Waals surface area contributed by atoms with Gasteiger partial charge in [0.1, 0.15) is 13.5 Å². The summed E-state index contributed by atoms with van der Waals surface area (Å²) in [5.74, 6) is 0. The molecule has 11 heteroatoms. The van der Waals surface area contributed by atoms with E-state index in [0.717, 1.165) is 28.7 Å². The maximum absolute atomic E-state index is 13.3. The summed E-state index contributed by atoms with van der Waals surface area (Å²) in [6.07, 6.45) is 1.47. The Balaban J connectivity index is 1.95. The van der Waals surface area contributed by atoms with E-state index in [1.807, 2.05) is 18.2 Å². The molecular formula is C23H34Cl2N4O3Si2. The van der Waals surface area contributed by atoms with Gasteiger partial charge in [0, 0.05) is 34.9 Å². The highest BCUT2D eigenvalue weighted by atomic mass is 35.5. The second-order valence-corrected chi connectivity index (χ2v) is 22.9. The normalized spacial score (nSPS) is 12.6. The molecule has 0 bridgehead atoms. The van der Waals surface area contributed by atoms with Crippen LogP contribution in [0.4, 0.5) is 0 Å². The third kappa shape index (κ3) is 7.25. The van der Waals surface area contributed by atoms with Crippen LogP contribution >= 0.6 is 23.2 Å². The van der Waals surface area contributed by atoms with Crippen LogP contribution in [0.5, 0.6) is 0 Å². The van der Waals surface area contributed by atoms with Crippen LogP contribution in [-0.2, 0) is 22.9 Å². The molecule has 0 fully saturated rings. The van der Waals surface area contributed by atoms with Crippen LogP contribution in [-0.4, -0.2) is 48.5 Å². The molecule has 0 N–H and O–H groups in total. The van der Waals surface area contributed by atoms with Gasteiger partial charge in [0.25, 0.3) is 0 Å². The quantitative estimate of drug-likeness (QED) is 0.164. The van der Waals surface area contributed by atoms with Gasteiger partial charge < -0.3 is 9.47 Å². The van der Waals surface area contributed by atoms with E-state index in [1.165, 1.54) is 6.20 Å². The summed E-state index contributed by atoms with van der Waals surface area (Å²) in [5, 5.41) is 0.498. The lowest BCUT2D eigenvalue weighted by Crippen LogP contribution is -2.28. The molecule has 0 atom stereocenters. The molecule has 34 heavy (non-hydrogen) atoms. The lowest BCUT2D eigenvalue weighted by molar-refractivity contribution is 0.0755. The van der Waals surface area contributed by atoms with E-state index in [2.05, 4.69) is 49.3 Å². The second-order valence-electron chi connectivity index (χ2n) is 10.9. The summed E-state index contributed by atoms with van der Waals surface area (Å²) < 4.78 is 15.1. The van der Waals surface area contributed by atoms with Gasteiger partial charge in [-0.15, -0.1) is 0 Å². The summed E-state index contributed by atoms with van der Waals surface area (Å²) in [5.41, 5.74) is 2.60. The molecule has 0 unspecified atom stereocenters. The molecular weight excluding hydrogens is 507 g/mol. The van der Waals surface area contributed by atoms with Crippen molar-refractivity contribution in [3.05, 3.63) is 45.2 Å². The Hall–Kier alpha value is -1.50. The summed E-state index contributed by atoms with van der Waals surface area (Å²) in [6, 6.07) is 7.72. The van der Waals surface area contributed by atoms with Crippen LogP contribution in [0.15, 0.2) is 29.2 Å². The molecule has 0 aliphatic heterocycles. The standard InChI is InChI=1S/C23H34Cl2N4O3Si2/c1-33(2,3)11-9-31-15-28-19-8-7-17(21-18(24)14-26-22(25)27-21)13-20(19)29(23(28)30)16-32-10-12-34(4,5)6/h7-8,13-14H,9-12,15-16H2,1-6H3. The van der Waals surface area contributed by atoms with E-state index in [4.69, 9.17) is 32.7 Å². The number of fused-ring (bicyclic) bond motifs is 1. The van der Waals surface area contributed by atoms with E-state index in [9.17, 15) is 4.79 Å². The van der Waals surface area contributed by atoms with Crippen LogP contribution in [0.2, 0.25) is 61.7 Å². The molecule has 186 valence electrons. The number of hydrogen-bond acceptors (Lipinski definition) is 5. The summed E-state index contributed by atoms with van der Waals surface area (Å²) in [7, 11) is -2.45. The Morgan fingerprint density at radius 3 is 2.00 bits per heavy atom. The fourth-order valence-corrected chi connectivity index (χ4v) is 5.18. The van der Waals surface area contributed by atoms with Crippen molar-refractivity contribution in [1.29, 1.82) is 0 Å². The van der Waals surface area contributed by atoms with Crippen molar-refractivity contribution in [1.82, 2.24) is 19.1 Å². The molecule has 3 rings (SSSR count). The Labute approximate surface area is 213 Å².